The van der Waals surface area contributed by atoms with Gasteiger partial charge < -0.3 is 10.6 Å². The van der Waals surface area contributed by atoms with Crippen molar-refractivity contribution in [1.82, 2.24) is 4.90 Å². The van der Waals surface area contributed by atoms with Crippen LogP contribution < -0.4 is 5.73 Å². The number of likely N-dealkylation sites (tertiary alicyclic amines) is 1. The molecule has 2 aromatic rings. The third kappa shape index (κ3) is 3.71. The second kappa shape index (κ2) is 7.95. The highest BCUT2D eigenvalue weighted by Gasteiger charge is 2.50. The van der Waals surface area contributed by atoms with Crippen molar-refractivity contribution in [2.75, 3.05) is 19.6 Å². The zero-order valence-electron chi connectivity index (χ0n) is 14.9. The number of amides is 1. The third-order valence-corrected chi connectivity index (χ3v) is 5.76. The summed E-state index contributed by atoms with van der Waals surface area (Å²) < 4.78 is 27.9. The summed E-state index contributed by atoms with van der Waals surface area (Å²) in [7, 11) is 0. The van der Waals surface area contributed by atoms with Crippen molar-refractivity contribution in [2.24, 2.45) is 17.6 Å². The summed E-state index contributed by atoms with van der Waals surface area (Å²) in [6, 6.07) is 13.9. The molecule has 2 unspecified atom stereocenters. The third-order valence-electron chi connectivity index (χ3n) is 5.76. The zero-order chi connectivity index (χ0) is 18.3. The maximum atomic E-state index is 14.0. The van der Waals surface area contributed by atoms with Crippen LogP contribution in [0.3, 0.4) is 0 Å². The monoisotopic (exact) mass is 392 g/mol. The number of hydrogen-bond donors (Lipinski definition) is 1. The molecule has 0 spiro atoms. The van der Waals surface area contributed by atoms with Crippen LogP contribution in [-0.2, 0) is 4.79 Å². The molecule has 4 atom stereocenters. The number of benzene rings is 2. The molecule has 1 heterocycles. The summed E-state index contributed by atoms with van der Waals surface area (Å²) in [4.78, 5) is 14.7. The Morgan fingerprint density at radius 3 is 2.30 bits per heavy atom. The molecule has 6 heteroatoms. The smallest absolute Gasteiger partial charge is 0.226 e. The van der Waals surface area contributed by atoms with Gasteiger partial charge in [-0.25, -0.2) is 8.78 Å². The summed E-state index contributed by atoms with van der Waals surface area (Å²) in [6.45, 7) is 1.74. The molecule has 2 aliphatic rings. The van der Waals surface area contributed by atoms with Crippen molar-refractivity contribution in [3.05, 3.63) is 71.3 Å². The van der Waals surface area contributed by atoms with E-state index in [1.165, 1.54) is 23.8 Å². The zero-order valence-corrected chi connectivity index (χ0v) is 15.7. The molecule has 1 amide bonds. The average molecular weight is 393 g/mol. The van der Waals surface area contributed by atoms with Gasteiger partial charge in [-0.1, -0.05) is 36.4 Å². The van der Waals surface area contributed by atoms with E-state index >= 15 is 0 Å². The minimum absolute atomic E-state index is 0. The van der Waals surface area contributed by atoms with Crippen molar-refractivity contribution in [2.45, 2.75) is 18.3 Å². The van der Waals surface area contributed by atoms with E-state index in [1.807, 2.05) is 23.1 Å². The maximum Gasteiger partial charge on any atom is 0.226 e. The van der Waals surface area contributed by atoms with Gasteiger partial charge >= 0.3 is 0 Å². The molecule has 1 aliphatic carbocycles. The van der Waals surface area contributed by atoms with Crippen molar-refractivity contribution in [1.29, 1.82) is 0 Å². The SMILES string of the molecule is Cl.NC[C@@H]1CN(C(=O)C2CC2c2c(F)cccc2F)C[C@H]1c1ccccc1. The standard InChI is InChI=1S/C21H22F2N2O.ClH/c22-18-7-4-8-19(23)20(18)15-9-16(15)21(26)25-11-14(10-24)17(12-25)13-5-2-1-3-6-13;/h1-8,14-17H,9-12,24H2;1H/t14-,15?,16?,17+;/m1./s1. The number of carbonyl (C=O) groups excluding carboxylic acids is 1. The molecule has 27 heavy (non-hydrogen) atoms. The van der Waals surface area contributed by atoms with Gasteiger partial charge in [-0.05, 0) is 36.6 Å². The van der Waals surface area contributed by atoms with Crippen LogP contribution in [0.4, 0.5) is 8.78 Å². The Kier molecular flexibility index (Phi) is 5.82. The van der Waals surface area contributed by atoms with Crippen LogP contribution in [0.2, 0.25) is 0 Å². The molecular formula is C21H23ClF2N2O. The van der Waals surface area contributed by atoms with Crippen LogP contribution in [-0.4, -0.2) is 30.4 Å². The Bertz CT molecular complexity index is 797. The van der Waals surface area contributed by atoms with Gasteiger partial charge in [0.05, 0.1) is 0 Å². The van der Waals surface area contributed by atoms with E-state index in [0.717, 1.165) is 0 Å². The van der Waals surface area contributed by atoms with E-state index in [9.17, 15) is 13.6 Å². The highest BCUT2D eigenvalue weighted by atomic mass is 35.5. The van der Waals surface area contributed by atoms with Crippen LogP contribution >= 0.6 is 12.4 Å². The van der Waals surface area contributed by atoms with Crippen LogP contribution in [0.25, 0.3) is 0 Å². The van der Waals surface area contributed by atoms with Gasteiger partial charge in [0, 0.05) is 36.4 Å². The maximum absolute atomic E-state index is 14.0. The molecule has 2 aromatic carbocycles. The fourth-order valence-electron chi connectivity index (χ4n) is 4.25. The van der Waals surface area contributed by atoms with Gasteiger partial charge in [0.15, 0.2) is 0 Å². The van der Waals surface area contributed by atoms with Gasteiger partial charge in [0.1, 0.15) is 11.6 Å². The molecular weight excluding hydrogens is 370 g/mol. The average Bonchev–Trinajstić information content (AvgIpc) is 3.30. The number of nitrogens with two attached hydrogens (primary N) is 1. The van der Waals surface area contributed by atoms with Gasteiger partial charge in [0.25, 0.3) is 0 Å². The second-order valence-corrected chi connectivity index (χ2v) is 7.34. The van der Waals surface area contributed by atoms with E-state index in [0.29, 0.717) is 26.1 Å². The molecule has 1 aliphatic heterocycles. The molecule has 1 saturated carbocycles. The molecule has 1 saturated heterocycles. The quantitative estimate of drug-likeness (QED) is 0.862. The molecule has 2 N–H and O–H groups in total. The largest absolute Gasteiger partial charge is 0.341 e. The van der Waals surface area contributed by atoms with Gasteiger partial charge in [-0.3, -0.25) is 4.79 Å². The first-order valence-corrected chi connectivity index (χ1v) is 9.08. The number of hydrogen-bond acceptors (Lipinski definition) is 2. The lowest BCUT2D eigenvalue weighted by Crippen LogP contribution is -2.31. The lowest BCUT2D eigenvalue weighted by atomic mass is 9.89. The van der Waals surface area contributed by atoms with E-state index in [4.69, 9.17) is 5.73 Å². The molecule has 0 aromatic heterocycles. The normalized spacial score (nSPS) is 26.6. The van der Waals surface area contributed by atoms with Gasteiger partial charge in [-0.2, -0.15) is 0 Å². The Balaban J connectivity index is 0.00000210. The van der Waals surface area contributed by atoms with Crippen molar-refractivity contribution in [3.8, 4) is 0 Å². The minimum atomic E-state index is -0.561. The number of nitrogens with zero attached hydrogens (tertiary/aromatic N) is 1. The first kappa shape index (κ1) is 19.8. The van der Waals surface area contributed by atoms with E-state index in [2.05, 4.69) is 12.1 Å². The first-order valence-electron chi connectivity index (χ1n) is 9.08. The van der Waals surface area contributed by atoms with E-state index < -0.39 is 11.6 Å². The van der Waals surface area contributed by atoms with Gasteiger partial charge in [0.2, 0.25) is 5.91 Å². The lowest BCUT2D eigenvalue weighted by molar-refractivity contribution is -0.131. The fourth-order valence-corrected chi connectivity index (χ4v) is 4.25. The lowest BCUT2D eigenvalue weighted by Gasteiger charge is -2.17. The van der Waals surface area contributed by atoms with Crippen LogP contribution in [0.5, 0.6) is 0 Å². The molecule has 0 radical (unpaired) electrons. The predicted molar refractivity (Wildman–Crippen MR) is 103 cm³/mol. The van der Waals surface area contributed by atoms with Crippen molar-refractivity contribution in [3.63, 3.8) is 0 Å². The number of carbonyl (C=O) groups is 1. The fraction of sp³-hybridized carbons (Fsp3) is 0.381. The molecule has 3 nitrogen and oxygen atoms in total. The van der Waals surface area contributed by atoms with Crippen molar-refractivity contribution >= 4 is 18.3 Å². The van der Waals surface area contributed by atoms with Crippen LogP contribution in [0.15, 0.2) is 48.5 Å². The van der Waals surface area contributed by atoms with Crippen LogP contribution in [0, 0.1) is 23.5 Å². The van der Waals surface area contributed by atoms with Crippen LogP contribution in [0.1, 0.15) is 29.4 Å². The predicted octanol–water partition coefficient (Wildman–Crippen LogP) is 3.69. The topological polar surface area (TPSA) is 46.3 Å². The second-order valence-electron chi connectivity index (χ2n) is 7.34. The van der Waals surface area contributed by atoms with E-state index in [-0.39, 0.29) is 47.5 Å². The van der Waals surface area contributed by atoms with E-state index in [1.54, 1.807) is 0 Å². The summed E-state index contributed by atoms with van der Waals surface area (Å²) in [6.07, 6.45) is 0.510. The molecule has 2 fully saturated rings. The summed E-state index contributed by atoms with van der Waals surface area (Å²) in [5.74, 6) is -1.38. The minimum Gasteiger partial charge on any atom is -0.341 e. The Hall–Kier alpha value is -1.98. The molecule has 0 bridgehead atoms. The highest BCUT2D eigenvalue weighted by Crippen LogP contribution is 2.50. The molecule has 144 valence electrons. The summed E-state index contributed by atoms with van der Waals surface area (Å²) >= 11 is 0. The number of halogens is 3. The Labute approximate surface area is 164 Å². The van der Waals surface area contributed by atoms with Crippen molar-refractivity contribution < 1.29 is 13.6 Å². The summed E-state index contributed by atoms with van der Waals surface area (Å²) in [5, 5.41) is 0. The Morgan fingerprint density at radius 2 is 1.67 bits per heavy atom. The first-order chi connectivity index (χ1) is 12.6. The highest BCUT2D eigenvalue weighted by molar-refractivity contribution is 5.85. The number of rotatable bonds is 4. The van der Waals surface area contributed by atoms with Gasteiger partial charge in [-0.15, -0.1) is 12.4 Å². The molecule has 4 rings (SSSR count). The summed E-state index contributed by atoms with van der Waals surface area (Å²) in [5.41, 5.74) is 7.18. The Morgan fingerprint density at radius 1 is 1.00 bits per heavy atom.